The van der Waals surface area contributed by atoms with Crippen molar-refractivity contribution in [3.63, 3.8) is 0 Å². The molecule has 0 N–H and O–H groups in total. The number of nitrogens with zero attached hydrogens (tertiary/aromatic N) is 2. The average Bonchev–Trinajstić information content (AvgIpc) is 2.48. The van der Waals surface area contributed by atoms with Gasteiger partial charge in [0.05, 0.1) is 5.56 Å². The Morgan fingerprint density at radius 2 is 2.10 bits per heavy atom. The maximum Gasteiger partial charge on any atom is 0.255 e. The molecule has 102 valence electrons. The first-order valence-corrected chi connectivity index (χ1v) is 7.91. The zero-order valence-corrected chi connectivity index (χ0v) is 13.8. The van der Waals surface area contributed by atoms with Gasteiger partial charge in [-0.15, -0.1) is 0 Å². The maximum absolute atomic E-state index is 12.6. The lowest BCUT2D eigenvalue weighted by Gasteiger charge is -2.28. The molecule has 2 heterocycles. The zero-order valence-electron chi connectivity index (χ0n) is 10.6. The van der Waals surface area contributed by atoms with Gasteiger partial charge in [-0.05, 0) is 45.8 Å². The van der Waals surface area contributed by atoms with Crippen molar-refractivity contribution in [2.75, 3.05) is 6.54 Å². The molecule has 1 aromatic carbocycles. The molecule has 1 amide bonds. The van der Waals surface area contributed by atoms with Crippen molar-refractivity contribution in [1.82, 2.24) is 9.88 Å². The summed E-state index contributed by atoms with van der Waals surface area (Å²) in [5, 5.41) is 0. The molecule has 1 aliphatic rings. The SMILES string of the molecule is O=C(c1cc(Br)ccc1Br)N1CCc2ncccc2C1. The van der Waals surface area contributed by atoms with Gasteiger partial charge in [-0.3, -0.25) is 9.78 Å². The standard InChI is InChI=1S/C15H12Br2N2O/c16-11-3-4-13(17)12(8-11)15(20)19-7-5-14-10(9-19)2-1-6-18-14/h1-4,6,8H,5,7,9H2. The zero-order chi connectivity index (χ0) is 14.1. The summed E-state index contributed by atoms with van der Waals surface area (Å²) in [4.78, 5) is 18.9. The summed E-state index contributed by atoms with van der Waals surface area (Å²) in [7, 11) is 0. The summed E-state index contributed by atoms with van der Waals surface area (Å²) in [5.74, 6) is 0.0488. The van der Waals surface area contributed by atoms with Crippen LogP contribution in [-0.2, 0) is 13.0 Å². The van der Waals surface area contributed by atoms with E-state index < -0.39 is 0 Å². The van der Waals surface area contributed by atoms with Crippen molar-refractivity contribution in [1.29, 1.82) is 0 Å². The molecule has 3 rings (SSSR count). The van der Waals surface area contributed by atoms with Gasteiger partial charge < -0.3 is 4.90 Å². The molecule has 0 unspecified atom stereocenters. The lowest BCUT2D eigenvalue weighted by atomic mass is 10.0. The first-order chi connectivity index (χ1) is 9.65. The first kappa shape index (κ1) is 13.8. The molecule has 2 aromatic rings. The van der Waals surface area contributed by atoms with E-state index in [1.165, 1.54) is 0 Å². The molecule has 5 heteroatoms. The number of aromatic nitrogens is 1. The van der Waals surface area contributed by atoms with Gasteiger partial charge in [-0.25, -0.2) is 0 Å². The van der Waals surface area contributed by atoms with Gasteiger partial charge in [0.15, 0.2) is 0 Å². The molecule has 1 aliphatic heterocycles. The van der Waals surface area contributed by atoms with Gasteiger partial charge in [0.2, 0.25) is 0 Å². The van der Waals surface area contributed by atoms with Crippen LogP contribution < -0.4 is 0 Å². The summed E-state index contributed by atoms with van der Waals surface area (Å²) in [6, 6.07) is 9.61. The summed E-state index contributed by atoms with van der Waals surface area (Å²) >= 11 is 6.86. The molecule has 1 aromatic heterocycles. The number of benzene rings is 1. The van der Waals surface area contributed by atoms with Crippen molar-refractivity contribution in [3.8, 4) is 0 Å². The Morgan fingerprint density at radius 3 is 2.95 bits per heavy atom. The second-order valence-electron chi connectivity index (χ2n) is 4.71. The molecule has 0 aliphatic carbocycles. The number of pyridine rings is 1. The average molecular weight is 396 g/mol. The van der Waals surface area contributed by atoms with Crippen molar-refractivity contribution >= 4 is 37.8 Å². The summed E-state index contributed by atoms with van der Waals surface area (Å²) in [5.41, 5.74) is 2.93. The van der Waals surface area contributed by atoms with Crippen molar-refractivity contribution < 1.29 is 4.79 Å². The minimum Gasteiger partial charge on any atom is -0.334 e. The van der Waals surface area contributed by atoms with Crippen LogP contribution in [0.4, 0.5) is 0 Å². The summed E-state index contributed by atoms with van der Waals surface area (Å²) < 4.78 is 1.73. The van der Waals surface area contributed by atoms with Crippen LogP contribution in [-0.4, -0.2) is 22.3 Å². The molecule has 0 saturated heterocycles. The molecule has 0 saturated carbocycles. The van der Waals surface area contributed by atoms with E-state index in [4.69, 9.17) is 0 Å². The summed E-state index contributed by atoms with van der Waals surface area (Å²) in [6.45, 7) is 1.34. The fourth-order valence-electron chi connectivity index (χ4n) is 2.37. The van der Waals surface area contributed by atoms with Crippen LogP contribution in [0.1, 0.15) is 21.6 Å². The Kier molecular flexibility index (Phi) is 3.89. The molecule has 0 bridgehead atoms. The second kappa shape index (κ2) is 5.66. The third-order valence-corrected chi connectivity index (χ3v) is 4.60. The highest BCUT2D eigenvalue weighted by molar-refractivity contribution is 9.11. The first-order valence-electron chi connectivity index (χ1n) is 6.32. The Hall–Kier alpha value is -1.20. The van der Waals surface area contributed by atoms with Gasteiger partial charge in [0.25, 0.3) is 5.91 Å². The molecule has 0 spiro atoms. The van der Waals surface area contributed by atoms with E-state index in [1.807, 2.05) is 35.2 Å². The fourth-order valence-corrected chi connectivity index (χ4v) is 3.15. The van der Waals surface area contributed by atoms with Crippen LogP contribution >= 0.6 is 31.9 Å². The van der Waals surface area contributed by atoms with Crippen LogP contribution in [0.3, 0.4) is 0 Å². The molecular weight excluding hydrogens is 384 g/mol. The predicted octanol–water partition coefficient (Wildman–Crippen LogP) is 3.81. The topological polar surface area (TPSA) is 33.2 Å². The number of fused-ring (bicyclic) bond motifs is 1. The Balaban J connectivity index is 1.88. The van der Waals surface area contributed by atoms with E-state index in [0.717, 1.165) is 26.6 Å². The predicted molar refractivity (Wildman–Crippen MR) is 84.5 cm³/mol. The van der Waals surface area contributed by atoms with Gasteiger partial charge in [-0.1, -0.05) is 22.0 Å². The number of hydrogen-bond donors (Lipinski definition) is 0. The monoisotopic (exact) mass is 394 g/mol. The van der Waals surface area contributed by atoms with Gasteiger partial charge >= 0.3 is 0 Å². The number of halogens is 2. The van der Waals surface area contributed by atoms with E-state index in [-0.39, 0.29) is 5.91 Å². The molecule has 3 nitrogen and oxygen atoms in total. The van der Waals surface area contributed by atoms with Crippen LogP contribution in [0.2, 0.25) is 0 Å². The largest absolute Gasteiger partial charge is 0.334 e. The number of carbonyl (C=O) groups is 1. The van der Waals surface area contributed by atoms with Gasteiger partial charge in [-0.2, -0.15) is 0 Å². The van der Waals surface area contributed by atoms with Gasteiger partial charge in [0, 0.05) is 40.3 Å². The van der Waals surface area contributed by atoms with Crippen molar-refractivity contribution in [3.05, 3.63) is 62.3 Å². The molecule has 0 fully saturated rings. The minimum absolute atomic E-state index is 0.0488. The van der Waals surface area contributed by atoms with Crippen molar-refractivity contribution in [2.24, 2.45) is 0 Å². The number of carbonyl (C=O) groups excluding carboxylic acids is 1. The number of amides is 1. The van der Waals surface area contributed by atoms with Crippen LogP contribution in [0.25, 0.3) is 0 Å². The number of rotatable bonds is 1. The molecule has 0 atom stereocenters. The highest BCUT2D eigenvalue weighted by Gasteiger charge is 2.23. The van der Waals surface area contributed by atoms with Gasteiger partial charge in [0.1, 0.15) is 0 Å². The molecule has 20 heavy (non-hydrogen) atoms. The number of hydrogen-bond acceptors (Lipinski definition) is 2. The third-order valence-electron chi connectivity index (χ3n) is 3.41. The second-order valence-corrected chi connectivity index (χ2v) is 6.48. The minimum atomic E-state index is 0.0488. The summed E-state index contributed by atoms with van der Waals surface area (Å²) in [6.07, 6.45) is 2.62. The third kappa shape index (κ3) is 2.65. The highest BCUT2D eigenvalue weighted by atomic mass is 79.9. The van der Waals surface area contributed by atoms with Crippen LogP contribution in [0.15, 0.2) is 45.5 Å². The fraction of sp³-hybridized carbons (Fsp3) is 0.200. The maximum atomic E-state index is 12.6. The van der Waals surface area contributed by atoms with E-state index in [2.05, 4.69) is 36.8 Å². The lowest BCUT2D eigenvalue weighted by molar-refractivity contribution is 0.0732. The van der Waals surface area contributed by atoms with Crippen molar-refractivity contribution in [2.45, 2.75) is 13.0 Å². The van der Waals surface area contributed by atoms with Crippen LogP contribution in [0, 0.1) is 0 Å². The van der Waals surface area contributed by atoms with E-state index in [9.17, 15) is 4.79 Å². The van der Waals surface area contributed by atoms with E-state index in [0.29, 0.717) is 18.7 Å². The van der Waals surface area contributed by atoms with E-state index >= 15 is 0 Å². The Labute approximate surface area is 134 Å². The molecule has 0 radical (unpaired) electrons. The van der Waals surface area contributed by atoms with Crippen LogP contribution in [0.5, 0.6) is 0 Å². The lowest BCUT2D eigenvalue weighted by Crippen LogP contribution is -2.36. The Morgan fingerprint density at radius 1 is 1.25 bits per heavy atom. The Bertz CT molecular complexity index is 673. The smallest absolute Gasteiger partial charge is 0.255 e. The quantitative estimate of drug-likeness (QED) is 0.735. The normalized spacial score (nSPS) is 14.0. The molecular formula is C15H12Br2N2O. The highest BCUT2D eigenvalue weighted by Crippen LogP contribution is 2.25. The van der Waals surface area contributed by atoms with E-state index in [1.54, 1.807) is 6.20 Å².